The molecule has 1 amide bonds. The topological polar surface area (TPSA) is 64.6 Å². The van der Waals surface area contributed by atoms with Gasteiger partial charge in [-0.2, -0.15) is 0 Å². The number of nitrogens with one attached hydrogen (secondary N) is 1. The van der Waals surface area contributed by atoms with Crippen molar-refractivity contribution in [2.75, 3.05) is 20.3 Å². The number of rotatable bonds is 10. The van der Waals surface area contributed by atoms with Crippen LogP contribution in [0.5, 0.6) is 0 Å². The fourth-order valence-corrected chi connectivity index (χ4v) is 2.14. The Balaban J connectivity index is 4.50. The maximum Gasteiger partial charge on any atom is 0.314 e. The Labute approximate surface area is 135 Å². The van der Waals surface area contributed by atoms with E-state index < -0.39 is 11.0 Å². The summed E-state index contributed by atoms with van der Waals surface area (Å²) in [5.41, 5.74) is -1.16. The second-order valence-electron chi connectivity index (χ2n) is 6.72. The predicted molar refractivity (Wildman–Crippen MR) is 87.6 cm³/mol. The van der Waals surface area contributed by atoms with Crippen LogP contribution in [-0.4, -0.2) is 37.7 Å². The number of amides is 1. The number of hydrogen-bond acceptors (Lipinski definition) is 4. The monoisotopic (exact) mass is 315 g/mol. The Morgan fingerprint density at radius 1 is 1.05 bits per heavy atom. The first-order valence-electron chi connectivity index (χ1n) is 8.20. The highest BCUT2D eigenvalue weighted by Gasteiger charge is 2.38. The first-order valence-corrected chi connectivity index (χ1v) is 8.20. The van der Waals surface area contributed by atoms with Crippen molar-refractivity contribution in [3.8, 4) is 0 Å². The molecule has 0 spiro atoms. The van der Waals surface area contributed by atoms with Gasteiger partial charge in [0.1, 0.15) is 5.60 Å². The second kappa shape index (κ2) is 9.82. The number of hydrogen-bond donors (Lipinski definition) is 1. The zero-order valence-electron chi connectivity index (χ0n) is 15.1. The molecule has 1 N–H and O–H groups in total. The van der Waals surface area contributed by atoms with Crippen LogP contribution in [0.2, 0.25) is 0 Å². The van der Waals surface area contributed by atoms with Crippen LogP contribution in [0, 0.1) is 5.41 Å². The third-order valence-electron chi connectivity index (χ3n) is 3.81. The van der Waals surface area contributed by atoms with Crippen molar-refractivity contribution in [3.05, 3.63) is 0 Å². The summed E-state index contributed by atoms with van der Waals surface area (Å²) in [6, 6.07) is 0. The highest BCUT2D eigenvalue weighted by Crippen LogP contribution is 2.29. The van der Waals surface area contributed by atoms with E-state index in [1.165, 1.54) is 0 Å². The van der Waals surface area contributed by atoms with E-state index in [9.17, 15) is 9.59 Å². The lowest BCUT2D eigenvalue weighted by Gasteiger charge is -2.33. The Morgan fingerprint density at radius 2 is 1.64 bits per heavy atom. The molecule has 0 aliphatic rings. The summed E-state index contributed by atoms with van der Waals surface area (Å²) in [6.45, 7) is 10.5. The van der Waals surface area contributed by atoms with Gasteiger partial charge in [0.2, 0.25) is 5.91 Å². The summed E-state index contributed by atoms with van der Waals surface area (Å²) in [6.07, 6.45) is 3.39. The maximum atomic E-state index is 12.5. The molecular formula is C17H33NO4. The Hall–Kier alpha value is -1.10. The summed E-state index contributed by atoms with van der Waals surface area (Å²) in [5.74, 6) is -0.254. The number of methoxy groups -OCH3 is 1. The van der Waals surface area contributed by atoms with E-state index in [4.69, 9.17) is 9.47 Å². The Morgan fingerprint density at radius 3 is 2.09 bits per heavy atom. The number of unbranched alkanes of at least 4 members (excludes halogenated alkanes) is 1. The fraction of sp³-hybridized carbons (Fsp3) is 0.882. The molecule has 0 fully saturated rings. The average molecular weight is 315 g/mol. The molecule has 5 nitrogen and oxygen atoms in total. The number of esters is 1. The normalized spacial score (nSPS) is 12.1. The first kappa shape index (κ1) is 20.9. The smallest absolute Gasteiger partial charge is 0.314 e. The van der Waals surface area contributed by atoms with Gasteiger partial charge in [0.25, 0.3) is 0 Å². The number of ether oxygens (including phenoxy) is 2. The maximum absolute atomic E-state index is 12.5. The lowest BCUT2D eigenvalue weighted by atomic mass is 9.82. The molecular weight excluding hydrogens is 282 g/mol. The van der Waals surface area contributed by atoms with Crippen molar-refractivity contribution < 1.29 is 19.1 Å². The highest BCUT2D eigenvalue weighted by molar-refractivity contribution is 5.80. The molecule has 5 heteroatoms. The van der Waals surface area contributed by atoms with Crippen LogP contribution in [0.3, 0.4) is 0 Å². The van der Waals surface area contributed by atoms with E-state index in [-0.39, 0.29) is 11.9 Å². The van der Waals surface area contributed by atoms with Crippen molar-refractivity contribution in [1.82, 2.24) is 5.32 Å². The lowest BCUT2D eigenvalue weighted by molar-refractivity contribution is -0.168. The van der Waals surface area contributed by atoms with Gasteiger partial charge in [-0.3, -0.25) is 9.59 Å². The molecule has 0 aliphatic heterocycles. The summed E-state index contributed by atoms with van der Waals surface area (Å²) in [5, 5.41) is 2.89. The van der Waals surface area contributed by atoms with Gasteiger partial charge in [0.15, 0.2) is 0 Å². The van der Waals surface area contributed by atoms with Gasteiger partial charge in [0.05, 0.1) is 5.41 Å². The average Bonchev–Trinajstić information content (AvgIpc) is 2.43. The molecule has 0 radical (unpaired) electrons. The zero-order valence-corrected chi connectivity index (χ0v) is 15.1. The molecule has 0 saturated heterocycles. The molecule has 0 aromatic heterocycles. The lowest BCUT2D eigenvalue weighted by Crippen LogP contribution is -2.45. The second-order valence-corrected chi connectivity index (χ2v) is 6.72. The molecule has 0 rings (SSSR count). The minimum atomic E-state index is -0.643. The van der Waals surface area contributed by atoms with Crippen LogP contribution in [0.25, 0.3) is 0 Å². The summed E-state index contributed by atoms with van der Waals surface area (Å²) in [4.78, 5) is 24.4. The van der Waals surface area contributed by atoms with Crippen LogP contribution in [0.4, 0.5) is 0 Å². The SMILES string of the molecule is CCC(CC)(CNC(=O)CCCCOC)C(=O)OC(C)(C)C. The molecule has 0 bridgehead atoms. The molecule has 0 unspecified atom stereocenters. The molecule has 0 heterocycles. The van der Waals surface area contributed by atoms with Gasteiger partial charge >= 0.3 is 5.97 Å². The molecule has 130 valence electrons. The van der Waals surface area contributed by atoms with E-state index in [1.54, 1.807) is 7.11 Å². The molecule has 0 atom stereocenters. The van der Waals surface area contributed by atoms with Crippen LogP contribution >= 0.6 is 0 Å². The Kier molecular flexibility index (Phi) is 9.33. The van der Waals surface area contributed by atoms with E-state index in [0.717, 1.165) is 12.8 Å². The van der Waals surface area contributed by atoms with Crippen molar-refractivity contribution in [3.63, 3.8) is 0 Å². The van der Waals surface area contributed by atoms with E-state index >= 15 is 0 Å². The third kappa shape index (κ3) is 7.78. The molecule has 22 heavy (non-hydrogen) atoms. The third-order valence-corrected chi connectivity index (χ3v) is 3.81. The first-order chi connectivity index (χ1) is 10.2. The zero-order chi connectivity index (χ0) is 17.2. The number of carbonyl (C=O) groups excluding carboxylic acids is 2. The van der Waals surface area contributed by atoms with Gasteiger partial charge in [-0.1, -0.05) is 13.8 Å². The van der Waals surface area contributed by atoms with Gasteiger partial charge < -0.3 is 14.8 Å². The van der Waals surface area contributed by atoms with E-state index in [2.05, 4.69) is 5.32 Å². The van der Waals surface area contributed by atoms with Gasteiger partial charge in [0, 0.05) is 26.7 Å². The summed E-state index contributed by atoms with van der Waals surface area (Å²) in [7, 11) is 1.65. The molecule has 0 saturated carbocycles. The molecule has 0 aromatic carbocycles. The largest absolute Gasteiger partial charge is 0.459 e. The highest BCUT2D eigenvalue weighted by atomic mass is 16.6. The van der Waals surface area contributed by atoms with Crippen molar-refractivity contribution in [2.45, 2.75) is 72.3 Å². The standard InChI is InChI=1S/C17H33NO4/c1-7-17(8-2,15(20)22-16(3,4)5)13-18-14(19)11-9-10-12-21-6/h7-13H2,1-6H3,(H,18,19). The number of carbonyl (C=O) groups is 2. The van der Waals surface area contributed by atoms with Gasteiger partial charge in [-0.25, -0.2) is 0 Å². The predicted octanol–water partition coefficient (Wildman–Crippen LogP) is 3.07. The summed E-state index contributed by atoms with van der Waals surface area (Å²) < 4.78 is 10.5. The van der Waals surface area contributed by atoms with Crippen LogP contribution in [-0.2, 0) is 19.1 Å². The Bertz CT molecular complexity index is 343. The van der Waals surface area contributed by atoms with Crippen molar-refractivity contribution in [2.24, 2.45) is 5.41 Å². The fourth-order valence-electron chi connectivity index (χ4n) is 2.14. The van der Waals surface area contributed by atoms with Crippen LogP contribution in [0.1, 0.15) is 66.7 Å². The summed E-state index contributed by atoms with van der Waals surface area (Å²) >= 11 is 0. The quantitative estimate of drug-likeness (QED) is 0.497. The van der Waals surface area contributed by atoms with E-state index in [1.807, 2.05) is 34.6 Å². The van der Waals surface area contributed by atoms with Crippen LogP contribution in [0.15, 0.2) is 0 Å². The minimum absolute atomic E-state index is 0.0223. The van der Waals surface area contributed by atoms with Crippen LogP contribution < -0.4 is 5.32 Å². The molecule has 0 aliphatic carbocycles. The van der Waals surface area contributed by atoms with E-state index in [0.29, 0.717) is 32.4 Å². The van der Waals surface area contributed by atoms with Gasteiger partial charge in [-0.15, -0.1) is 0 Å². The van der Waals surface area contributed by atoms with Crippen molar-refractivity contribution in [1.29, 1.82) is 0 Å². The van der Waals surface area contributed by atoms with Crippen molar-refractivity contribution >= 4 is 11.9 Å². The van der Waals surface area contributed by atoms with Gasteiger partial charge in [-0.05, 0) is 46.5 Å². The molecule has 0 aromatic rings. The minimum Gasteiger partial charge on any atom is -0.459 e.